The first-order chi connectivity index (χ1) is 5.70. The molecule has 0 aromatic rings. The molecule has 0 aromatic carbocycles. The van der Waals surface area contributed by atoms with Gasteiger partial charge in [0.05, 0.1) is 12.1 Å². The summed E-state index contributed by atoms with van der Waals surface area (Å²) >= 11 is 0. The number of aliphatic hydroxyl groups excluding tert-OH is 1. The van der Waals surface area contributed by atoms with Gasteiger partial charge in [-0.2, -0.15) is 0 Å². The molecule has 3 nitrogen and oxygen atoms in total. The summed E-state index contributed by atoms with van der Waals surface area (Å²) in [6, 6.07) is 0. The lowest BCUT2D eigenvalue weighted by Crippen LogP contribution is -2.46. The highest BCUT2D eigenvalue weighted by atomic mass is 16.3. The van der Waals surface area contributed by atoms with Crippen LogP contribution in [0.5, 0.6) is 0 Å². The molecule has 1 saturated heterocycles. The normalized spacial score (nSPS) is 31.2. The van der Waals surface area contributed by atoms with Crippen molar-refractivity contribution in [3.05, 3.63) is 0 Å². The third-order valence-electron chi connectivity index (χ3n) is 2.61. The lowest BCUT2D eigenvalue weighted by atomic mass is 10.0. The summed E-state index contributed by atoms with van der Waals surface area (Å²) in [5.74, 6) is 0. The van der Waals surface area contributed by atoms with E-state index in [4.69, 9.17) is 10.8 Å². The van der Waals surface area contributed by atoms with Gasteiger partial charge in [0.15, 0.2) is 0 Å². The molecule has 0 radical (unpaired) electrons. The van der Waals surface area contributed by atoms with Gasteiger partial charge in [0.25, 0.3) is 0 Å². The highest BCUT2D eigenvalue weighted by Crippen LogP contribution is 2.17. The molecule has 0 bridgehead atoms. The molecule has 1 fully saturated rings. The molecule has 0 spiro atoms. The summed E-state index contributed by atoms with van der Waals surface area (Å²) in [5, 5.41) is 9.02. The number of likely N-dealkylation sites (tertiary alicyclic amines) is 1. The number of rotatable bonds is 4. The Morgan fingerprint density at radius 2 is 2.33 bits per heavy atom. The standard InChI is InChI=1S/C9H20N2O/c1-2-3-5-11-6-4-9(10,7-11)8-12/h12H,2-8,10H2,1H3. The molecule has 1 rings (SSSR count). The second-order valence-corrected chi connectivity index (χ2v) is 3.90. The molecule has 0 saturated carbocycles. The zero-order valence-corrected chi connectivity index (χ0v) is 7.92. The Morgan fingerprint density at radius 3 is 2.83 bits per heavy atom. The van der Waals surface area contributed by atoms with Gasteiger partial charge < -0.3 is 15.7 Å². The average molecular weight is 172 g/mol. The number of aliphatic hydroxyl groups is 1. The van der Waals surface area contributed by atoms with Crippen LogP contribution in [0.1, 0.15) is 26.2 Å². The molecule has 1 unspecified atom stereocenters. The first kappa shape index (κ1) is 9.96. The van der Waals surface area contributed by atoms with Crippen LogP contribution in [-0.4, -0.2) is 41.8 Å². The minimum Gasteiger partial charge on any atom is -0.394 e. The van der Waals surface area contributed by atoms with Crippen LogP contribution in [0.15, 0.2) is 0 Å². The minimum atomic E-state index is -0.312. The van der Waals surface area contributed by atoms with Crippen molar-refractivity contribution in [3.63, 3.8) is 0 Å². The van der Waals surface area contributed by atoms with Crippen molar-refractivity contribution in [3.8, 4) is 0 Å². The van der Waals surface area contributed by atoms with Crippen molar-refractivity contribution in [2.24, 2.45) is 5.73 Å². The van der Waals surface area contributed by atoms with Crippen molar-refractivity contribution in [1.82, 2.24) is 4.90 Å². The Morgan fingerprint density at radius 1 is 1.58 bits per heavy atom. The smallest absolute Gasteiger partial charge is 0.0624 e. The van der Waals surface area contributed by atoms with Crippen LogP contribution in [0, 0.1) is 0 Å². The summed E-state index contributed by atoms with van der Waals surface area (Å²) in [7, 11) is 0. The molecule has 3 N–H and O–H groups in total. The Bertz CT molecular complexity index is 138. The molecule has 0 amide bonds. The fourth-order valence-electron chi connectivity index (χ4n) is 1.69. The van der Waals surface area contributed by atoms with E-state index in [1.54, 1.807) is 0 Å². The predicted octanol–water partition coefficient (Wildman–Crippen LogP) is 0.182. The summed E-state index contributed by atoms with van der Waals surface area (Å²) < 4.78 is 0. The van der Waals surface area contributed by atoms with Crippen LogP contribution in [0.25, 0.3) is 0 Å². The largest absolute Gasteiger partial charge is 0.394 e. The highest BCUT2D eigenvalue weighted by Gasteiger charge is 2.32. The van der Waals surface area contributed by atoms with Crippen LogP contribution >= 0.6 is 0 Å². The lowest BCUT2D eigenvalue weighted by molar-refractivity contribution is 0.193. The second kappa shape index (κ2) is 4.21. The van der Waals surface area contributed by atoms with Crippen LogP contribution in [0.2, 0.25) is 0 Å². The van der Waals surface area contributed by atoms with Gasteiger partial charge in [-0.15, -0.1) is 0 Å². The maximum absolute atomic E-state index is 9.02. The van der Waals surface area contributed by atoms with Gasteiger partial charge in [-0.1, -0.05) is 13.3 Å². The Hall–Kier alpha value is -0.120. The average Bonchev–Trinajstić information content (AvgIpc) is 2.45. The van der Waals surface area contributed by atoms with Crippen LogP contribution < -0.4 is 5.73 Å². The molecule has 1 atom stereocenters. The maximum atomic E-state index is 9.02. The predicted molar refractivity (Wildman–Crippen MR) is 50.0 cm³/mol. The van der Waals surface area contributed by atoms with Gasteiger partial charge in [-0.05, 0) is 19.4 Å². The van der Waals surface area contributed by atoms with E-state index in [0.717, 1.165) is 26.1 Å². The van der Waals surface area contributed by atoms with E-state index >= 15 is 0 Å². The fourth-order valence-corrected chi connectivity index (χ4v) is 1.69. The SMILES string of the molecule is CCCCN1CCC(N)(CO)C1. The van der Waals surface area contributed by atoms with Gasteiger partial charge in [0, 0.05) is 13.1 Å². The van der Waals surface area contributed by atoms with Gasteiger partial charge in [-0.25, -0.2) is 0 Å². The monoisotopic (exact) mass is 172 g/mol. The van der Waals surface area contributed by atoms with Crippen molar-refractivity contribution in [2.75, 3.05) is 26.2 Å². The van der Waals surface area contributed by atoms with E-state index in [0.29, 0.717) is 0 Å². The van der Waals surface area contributed by atoms with E-state index in [2.05, 4.69) is 11.8 Å². The first-order valence-corrected chi connectivity index (χ1v) is 4.82. The summed E-state index contributed by atoms with van der Waals surface area (Å²) in [6.45, 7) is 5.36. The van der Waals surface area contributed by atoms with E-state index in [-0.39, 0.29) is 12.1 Å². The van der Waals surface area contributed by atoms with Crippen LogP contribution in [0.4, 0.5) is 0 Å². The Kier molecular flexibility index (Phi) is 3.50. The summed E-state index contributed by atoms with van der Waals surface area (Å²) in [6.07, 6.45) is 3.40. The molecule has 1 heterocycles. The Labute approximate surface area is 74.5 Å². The zero-order valence-electron chi connectivity index (χ0n) is 7.92. The third kappa shape index (κ3) is 2.44. The molecule has 0 aromatic heterocycles. The molecular formula is C9H20N2O. The van der Waals surface area contributed by atoms with E-state index < -0.39 is 0 Å². The quantitative estimate of drug-likeness (QED) is 0.636. The van der Waals surface area contributed by atoms with E-state index in [1.165, 1.54) is 12.8 Å². The molecular weight excluding hydrogens is 152 g/mol. The van der Waals surface area contributed by atoms with Crippen LogP contribution in [-0.2, 0) is 0 Å². The fraction of sp³-hybridized carbons (Fsp3) is 1.00. The molecule has 72 valence electrons. The molecule has 1 aliphatic heterocycles. The second-order valence-electron chi connectivity index (χ2n) is 3.90. The maximum Gasteiger partial charge on any atom is 0.0624 e. The van der Waals surface area contributed by atoms with Gasteiger partial charge in [-0.3, -0.25) is 0 Å². The van der Waals surface area contributed by atoms with Crippen molar-refractivity contribution in [1.29, 1.82) is 0 Å². The molecule has 12 heavy (non-hydrogen) atoms. The van der Waals surface area contributed by atoms with E-state index in [1.807, 2.05) is 0 Å². The lowest BCUT2D eigenvalue weighted by Gasteiger charge is -2.21. The van der Waals surface area contributed by atoms with Gasteiger partial charge in [0.2, 0.25) is 0 Å². The Balaban J connectivity index is 2.25. The number of unbranched alkanes of at least 4 members (excludes halogenated alkanes) is 1. The van der Waals surface area contributed by atoms with Crippen molar-refractivity contribution in [2.45, 2.75) is 31.7 Å². The topological polar surface area (TPSA) is 49.5 Å². The number of nitrogens with two attached hydrogens (primary N) is 1. The summed E-state index contributed by atoms with van der Waals surface area (Å²) in [4.78, 5) is 2.35. The van der Waals surface area contributed by atoms with Gasteiger partial charge >= 0.3 is 0 Å². The van der Waals surface area contributed by atoms with E-state index in [9.17, 15) is 0 Å². The number of nitrogens with zero attached hydrogens (tertiary/aromatic N) is 1. The third-order valence-corrected chi connectivity index (χ3v) is 2.61. The molecule has 0 aliphatic carbocycles. The summed E-state index contributed by atoms with van der Waals surface area (Å²) in [5.41, 5.74) is 5.62. The molecule has 3 heteroatoms. The zero-order chi connectivity index (χ0) is 9.03. The number of hydrogen-bond donors (Lipinski definition) is 2. The first-order valence-electron chi connectivity index (χ1n) is 4.82. The number of hydrogen-bond acceptors (Lipinski definition) is 3. The van der Waals surface area contributed by atoms with Crippen molar-refractivity contribution >= 4 is 0 Å². The van der Waals surface area contributed by atoms with Crippen molar-refractivity contribution < 1.29 is 5.11 Å². The van der Waals surface area contributed by atoms with Gasteiger partial charge in [0.1, 0.15) is 0 Å². The minimum absolute atomic E-state index is 0.121. The highest BCUT2D eigenvalue weighted by molar-refractivity contribution is 4.93. The van der Waals surface area contributed by atoms with Crippen LogP contribution in [0.3, 0.4) is 0 Å². The molecule has 1 aliphatic rings.